The van der Waals surface area contributed by atoms with Gasteiger partial charge in [0.25, 0.3) is 11.8 Å². The summed E-state index contributed by atoms with van der Waals surface area (Å²) in [4.78, 5) is 23.2. The Morgan fingerprint density at radius 1 is 1.14 bits per heavy atom. The number of ether oxygens (including phenoxy) is 2. The van der Waals surface area contributed by atoms with Gasteiger partial charge in [0.1, 0.15) is 0 Å². The Morgan fingerprint density at radius 3 is 2.41 bits per heavy atom. The van der Waals surface area contributed by atoms with Gasteiger partial charge >= 0.3 is 0 Å². The monoisotopic (exact) mass is 437 g/mol. The Bertz CT molecular complexity index is 959. The molecule has 2 amide bonds. The van der Waals surface area contributed by atoms with Gasteiger partial charge in [-0.3, -0.25) is 14.8 Å². The van der Waals surface area contributed by atoms with Crippen molar-refractivity contribution in [3.05, 3.63) is 63.1 Å². The molecule has 10 heteroatoms. The molecule has 0 spiro atoms. The highest BCUT2D eigenvalue weighted by Gasteiger charge is 2.16. The molecule has 152 valence electrons. The van der Waals surface area contributed by atoms with Crippen LogP contribution in [0.2, 0.25) is 10.0 Å². The Kier molecular flexibility index (Phi) is 8.02. The van der Waals surface area contributed by atoms with E-state index in [1.807, 2.05) is 0 Å². The lowest BCUT2D eigenvalue weighted by Gasteiger charge is -2.12. The molecule has 0 fully saturated rings. The number of nitrogens with one attached hydrogen (secondary N) is 2. The summed E-state index contributed by atoms with van der Waals surface area (Å²) in [5, 5.41) is 12.8. The van der Waals surface area contributed by atoms with Crippen LogP contribution in [0.1, 0.15) is 21.5 Å². The lowest BCUT2D eigenvalue weighted by atomic mass is 10.1. The maximum Gasteiger partial charge on any atom is 0.271 e. The molecular formula is C19H17Cl2N3O5. The van der Waals surface area contributed by atoms with Crippen molar-refractivity contribution in [1.82, 2.24) is 10.9 Å². The number of hydrogen-bond donors (Lipinski definition) is 3. The zero-order chi connectivity index (χ0) is 21.4. The first-order chi connectivity index (χ1) is 13.9. The second kappa shape index (κ2) is 10.5. The molecule has 0 aromatic heterocycles. The minimum atomic E-state index is -0.659. The van der Waals surface area contributed by atoms with E-state index in [0.717, 1.165) is 6.08 Å². The first-order valence-electron chi connectivity index (χ1n) is 8.06. The zero-order valence-electron chi connectivity index (χ0n) is 15.4. The SMILES string of the molecule is COc1cc(Cl)c(C=NNC(=O)c2ccc(C=CC(=O)NO)cc2)c(Cl)c1OC. The van der Waals surface area contributed by atoms with Crippen molar-refractivity contribution < 1.29 is 24.3 Å². The molecule has 29 heavy (non-hydrogen) atoms. The molecule has 0 bridgehead atoms. The minimum absolute atomic E-state index is 0.193. The molecule has 8 nitrogen and oxygen atoms in total. The largest absolute Gasteiger partial charge is 0.493 e. The highest BCUT2D eigenvalue weighted by Crippen LogP contribution is 2.40. The number of hydroxylamine groups is 1. The van der Waals surface area contributed by atoms with Crippen molar-refractivity contribution in [2.75, 3.05) is 14.2 Å². The molecule has 0 aliphatic carbocycles. The maximum atomic E-state index is 12.2. The van der Waals surface area contributed by atoms with E-state index in [1.54, 1.807) is 24.3 Å². The topological polar surface area (TPSA) is 109 Å². The Morgan fingerprint density at radius 2 is 1.83 bits per heavy atom. The summed E-state index contributed by atoms with van der Waals surface area (Å²) < 4.78 is 10.4. The average molecular weight is 438 g/mol. The van der Waals surface area contributed by atoms with Crippen molar-refractivity contribution in [3.63, 3.8) is 0 Å². The van der Waals surface area contributed by atoms with Crippen LogP contribution < -0.4 is 20.4 Å². The second-order valence-electron chi connectivity index (χ2n) is 5.45. The number of benzene rings is 2. The van der Waals surface area contributed by atoms with Crippen molar-refractivity contribution in [2.45, 2.75) is 0 Å². The van der Waals surface area contributed by atoms with Crippen LogP contribution >= 0.6 is 23.2 Å². The highest BCUT2D eigenvalue weighted by molar-refractivity contribution is 6.40. The summed E-state index contributed by atoms with van der Waals surface area (Å²) in [5.74, 6) is -0.453. The average Bonchev–Trinajstić information content (AvgIpc) is 2.73. The van der Waals surface area contributed by atoms with Crippen molar-refractivity contribution in [2.24, 2.45) is 5.10 Å². The van der Waals surface area contributed by atoms with Gasteiger partial charge in [0.2, 0.25) is 0 Å². The summed E-state index contributed by atoms with van der Waals surface area (Å²) >= 11 is 12.4. The Labute approximate surface area is 176 Å². The van der Waals surface area contributed by atoms with Gasteiger partial charge in [-0.2, -0.15) is 5.10 Å². The number of halogens is 2. The molecule has 0 saturated carbocycles. The quantitative estimate of drug-likeness (QED) is 0.266. The van der Waals surface area contributed by atoms with Crippen molar-refractivity contribution in [3.8, 4) is 11.5 Å². The Balaban J connectivity index is 2.10. The van der Waals surface area contributed by atoms with Gasteiger partial charge in [0.15, 0.2) is 11.5 Å². The second-order valence-corrected chi connectivity index (χ2v) is 6.24. The third-order valence-electron chi connectivity index (χ3n) is 3.67. The fourth-order valence-corrected chi connectivity index (χ4v) is 2.84. The third kappa shape index (κ3) is 5.71. The molecule has 0 heterocycles. The van der Waals surface area contributed by atoms with Crippen LogP contribution in [0.25, 0.3) is 6.08 Å². The van der Waals surface area contributed by atoms with Crippen LogP contribution in [0, 0.1) is 0 Å². The van der Waals surface area contributed by atoms with Gasteiger partial charge in [-0.25, -0.2) is 10.9 Å². The van der Waals surface area contributed by atoms with Crippen molar-refractivity contribution in [1.29, 1.82) is 0 Å². The molecule has 2 aromatic carbocycles. The maximum absolute atomic E-state index is 12.2. The van der Waals surface area contributed by atoms with Crippen LogP contribution in [0.4, 0.5) is 0 Å². The van der Waals surface area contributed by atoms with E-state index >= 15 is 0 Å². The van der Waals surface area contributed by atoms with Gasteiger partial charge in [-0.15, -0.1) is 0 Å². The van der Waals surface area contributed by atoms with Crippen LogP contribution in [-0.2, 0) is 4.79 Å². The van der Waals surface area contributed by atoms with E-state index in [0.29, 0.717) is 28.2 Å². The molecule has 0 unspecified atom stereocenters. The summed E-state index contributed by atoms with van der Waals surface area (Å²) in [7, 11) is 2.90. The lowest BCUT2D eigenvalue weighted by molar-refractivity contribution is -0.124. The van der Waals surface area contributed by atoms with Crippen LogP contribution in [0.3, 0.4) is 0 Å². The fraction of sp³-hybridized carbons (Fsp3) is 0.105. The molecule has 0 radical (unpaired) electrons. The molecule has 2 aromatic rings. The summed E-state index contributed by atoms with van der Waals surface area (Å²) in [6.07, 6.45) is 3.93. The summed E-state index contributed by atoms with van der Waals surface area (Å²) in [6.45, 7) is 0. The van der Waals surface area contributed by atoms with E-state index in [1.165, 1.54) is 38.1 Å². The first kappa shape index (κ1) is 22.2. The lowest BCUT2D eigenvalue weighted by Crippen LogP contribution is -2.17. The predicted octanol–water partition coefficient (Wildman–Crippen LogP) is 3.29. The van der Waals surface area contributed by atoms with Crippen LogP contribution in [-0.4, -0.2) is 37.5 Å². The fourth-order valence-electron chi connectivity index (χ4n) is 2.23. The van der Waals surface area contributed by atoms with E-state index in [4.69, 9.17) is 37.9 Å². The van der Waals surface area contributed by atoms with E-state index in [2.05, 4.69) is 10.5 Å². The summed E-state index contributed by atoms with van der Waals surface area (Å²) in [6, 6.07) is 7.89. The van der Waals surface area contributed by atoms with Gasteiger partial charge < -0.3 is 9.47 Å². The number of carbonyl (C=O) groups excluding carboxylic acids is 2. The molecule has 0 aliphatic heterocycles. The van der Waals surface area contributed by atoms with Crippen LogP contribution in [0.5, 0.6) is 11.5 Å². The third-order valence-corrected chi connectivity index (χ3v) is 4.36. The normalized spacial score (nSPS) is 10.9. The molecule has 3 N–H and O–H groups in total. The van der Waals surface area contributed by atoms with E-state index in [9.17, 15) is 9.59 Å². The summed E-state index contributed by atoms with van der Waals surface area (Å²) in [5.41, 5.74) is 5.22. The predicted molar refractivity (Wildman–Crippen MR) is 110 cm³/mol. The van der Waals surface area contributed by atoms with Gasteiger partial charge in [-0.05, 0) is 23.8 Å². The zero-order valence-corrected chi connectivity index (χ0v) is 16.9. The molecular weight excluding hydrogens is 421 g/mol. The van der Waals surface area contributed by atoms with Gasteiger partial charge in [0.05, 0.1) is 30.5 Å². The Hall–Kier alpha value is -3.07. The van der Waals surface area contributed by atoms with Gasteiger partial charge in [0, 0.05) is 23.3 Å². The number of rotatable bonds is 7. The smallest absolute Gasteiger partial charge is 0.271 e. The number of carbonyl (C=O) groups is 2. The van der Waals surface area contributed by atoms with E-state index in [-0.39, 0.29) is 10.0 Å². The molecule has 2 rings (SSSR count). The standard InChI is InChI=1S/C19H17Cl2N3O5/c1-28-15-9-14(20)13(17(21)18(15)29-2)10-22-23-19(26)12-6-3-11(4-7-12)5-8-16(25)24-27/h3-10,27H,1-2H3,(H,23,26)(H,24,25). The number of nitrogens with zero attached hydrogens (tertiary/aromatic N) is 1. The number of methoxy groups -OCH3 is 2. The number of hydrogen-bond acceptors (Lipinski definition) is 6. The minimum Gasteiger partial charge on any atom is -0.493 e. The molecule has 0 atom stereocenters. The molecule has 0 aliphatic rings. The molecule has 0 saturated heterocycles. The van der Waals surface area contributed by atoms with Gasteiger partial charge in [-0.1, -0.05) is 35.3 Å². The first-order valence-corrected chi connectivity index (χ1v) is 8.82. The van der Waals surface area contributed by atoms with E-state index < -0.39 is 11.8 Å². The number of hydrazone groups is 1. The van der Waals surface area contributed by atoms with Crippen molar-refractivity contribution >= 4 is 47.3 Å². The highest BCUT2D eigenvalue weighted by atomic mass is 35.5. The van der Waals surface area contributed by atoms with Crippen LogP contribution in [0.15, 0.2) is 41.5 Å². The number of amides is 2.